The van der Waals surface area contributed by atoms with Crippen LogP contribution in [0.15, 0.2) is 24.5 Å². The molecule has 0 atom stereocenters. The minimum absolute atomic E-state index is 0.220. The smallest absolute Gasteiger partial charge is 0.236 e. The Morgan fingerprint density at radius 3 is 2.68 bits per heavy atom. The van der Waals surface area contributed by atoms with E-state index in [1.54, 1.807) is 12.4 Å². The molecule has 0 spiro atoms. The van der Waals surface area contributed by atoms with Crippen LogP contribution in [-0.2, 0) is 4.79 Å². The number of anilines is 1. The Morgan fingerprint density at radius 1 is 1.08 bits per heavy atom. The molecule has 1 fully saturated rings. The predicted molar refractivity (Wildman–Crippen MR) is 98.5 cm³/mol. The van der Waals surface area contributed by atoms with Gasteiger partial charge < -0.3 is 9.80 Å². The van der Waals surface area contributed by atoms with Crippen LogP contribution >= 0.6 is 0 Å². The molecule has 7 heteroatoms. The molecule has 3 rings (SSSR count). The SMILES string of the molecule is CCN(CC)C(=O)CN1CCCN(c2ccc3nccnc3n2)CC1. The van der Waals surface area contributed by atoms with E-state index in [1.807, 2.05) is 30.9 Å². The highest BCUT2D eigenvalue weighted by atomic mass is 16.2. The van der Waals surface area contributed by atoms with Gasteiger partial charge in [0, 0.05) is 51.7 Å². The summed E-state index contributed by atoms with van der Waals surface area (Å²) < 4.78 is 0. The number of hydrogen-bond donors (Lipinski definition) is 0. The van der Waals surface area contributed by atoms with Crippen molar-refractivity contribution in [2.24, 2.45) is 0 Å². The fourth-order valence-corrected chi connectivity index (χ4v) is 3.25. The Bertz CT molecular complexity index is 718. The van der Waals surface area contributed by atoms with Gasteiger partial charge in [0.2, 0.25) is 5.91 Å². The summed E-state index contributed by atoms with van der Waals surface area (Å²) in [5.74, 6) is 1.16. The van der Waals surface area contributed by atoms with Crippen LogP contribution in [0.1, 0.15) is 20.3 Å². The van der Waals surface area contributed by atoms with Crippen LogP contribution in [0.4, 0.5) is 5.82 Å². The zero-order valence-electron chi connectivity index (χ0n) is 15.1. The van der Waals surface area contributed by atoms with E-state index < -0.39 is 0 Å². The topological polar surface area (TPSA) is 65.5 Å². The van der Waals surface area contributed by atoms with Gasteiger partial charge in [-0.05, 0) is 32.4 Å². The average molecular weight is 342 g/mol. The highest BCUT2D eigenvalue weighted by molar-refractivity contribution is 5.78. The van der Waals surface area contributed by atoms with Crippen LogP contribution in [0.25, 0.3) is 11.2 Å². The summed E-state index contributed by atoms with van der Waals surface area (Å²) in [5, 5.41) is 0. The lowest BCUT2D eigenvalue weighted by atomic mass is 10.3. The summed E-state index contributed by atoms with van der Waals surface area (Å²) in [4.78, 5) is 31.9. The third-order valence-corrected chi connectivity index (χ3v) is 4.70. The lowest BCUT2D eigenvalue weighted by Crippen LogP contribution is -2.41. The van der Waals surface area contributed by atoms with E-state index in [4.69, 9.17) is 0 Å². The van der Waals surface area contributed by atoms with Crippen molar-refractivity contribution in [2.75, 3.05) is 50.7 Å². The largest absolute Gasteiger partial charge is 0.355 e. The van der Waals surface area contributed by atoms with Crippen molar-refractivity contribution in [1.29, 1.82) is 0 Å². The molecule has 0 unspecified atom stereocenters. The number of fused-ring (bicyclic) bond motifs is 1. The summed E-state index contributed by atoms with van der Waals surface area (Å²) in [5.41, 5.74) is 1.49. The van der Waals surface area contributed by atoms with Crippen LogP contribution < -0.4 is 4.90 Å². The first kappa shape index (κ1) is 17.5. The summed E-state index contributed by atoms with van der Waals surface area (Å²) in [7, 11) is 0. The molecule has 3 heterocycles. The first-order valence-corrected chi connectivity index (χ1v) is 9.04. The van der Waals surface area contributed by atoms with E-state index in [-0.39, 0.29) is 5.91 Å². The lowest BCUT2D eigenvalue weighted by molar-refractivity contribution is -0.132. The molecule has 0 radical (unpaired) electrons. The highest BCUT2D eigenvalue weighted by Gasteiger charge is 2.20. The van der Waals surface area contributed by atoms with Crippen molar-refractivity contribution in [2.45, 2.75) is 20.3 Å². The number of hydrogen-bond acceptors (Lipinski definition) is 6. The van der Waals surface area contributed by atoms with Gasteiger partial charge in [-0.15, -0.1) is 0 Å². The normalized spacial score (nSPS) is 16.0. The minimum Gasteiger partial charge on any atom is -0.355 e. The van der Waals surface area contributed by atoms with Crippen molar-refractivity contribution in [3.05, 3.63) is 24.5 Å². The molecule has 7 nitrogen and oxygen atoms in total. The number of likely N-dealkylation sites (N-methyl/N-ethyl adjacent to an activating group) is 1. The Hall–Kier alpha value is -2.28. The third-order valence-electron chi connectivity index (χ3n) is 4.70. The molecule has 0 aliphatic carbocycles. The summed E-state index contributed by atoms with van der Waals surface area (Å²) in [6.07, 6.45) is 4.37. The van der Waals surface area contributed by atoms with Gasteiger partial charge in [0.05, 0.1) is 6.54 Å². The molecule has 1 aliphatic rings. The van der Waals surface area contributed by atoms with Crippen molar-refractivity contribution >= 4 is 22.9 Å². The monoisotopic (exact) mass is 342 g/mol. The second kappa shape index (κ2) is 8.20. The molecular formula is C18H26N6O. The molecular weight excluding hydrogens is 316 g/mol. The Kier molecular flexibility index (Phi) is 5.75. The van der Waals surface area contributed by atoms with Crippen molar-refractivity contribution in [3.8, 4) is 0 Å². The first-order valence-electron chi connectivity index (χ1n) is 9.04. The van der Waals surface area contributed by atoms with Gasteiger partial charge in [-0.2, -0.15) is 0 Å². The van der Waals surface area contributed by atoms with Gasteiger partial charge in [-0.1, -0.05) is 0 Å². The molecule has 0 N–H and O–H groups in total. The molecule has 25 heavy (non-hydrogen) atoms. The predicted octanol–water partition coefficient (Wildman–Crippen LogP) is 1.41. The molecule has 0 aromatic carbocycles. The number of pyridine rings is 1. The minimum atomic E-state index is 0.220. The van der Waals surface area contributed by atoms with Gasteiger partial charge >= 0.3 is 0 Å². The molecule has 1 amide bonds. The maximum absolute atomic E-state index is 12.3. The average Bonchev–Trinajstić information content (AvgIpc) is 2.88. The Balaban J connectivity index is 1.63. The molecule has 1 aliphatic heterocycles. The molecule has 0 saturated carbocycles. The highest BCUT2D eigenvalue weighted by Crippen LogP contribution is 2.17. The van der Waals surface area contributed by atoms with E-state index in [9.17, 15) is 4.79 Å². The summed E-state index contributed by atoms with van der Waals surface area (Å²) in [6.45, 7) is 9.73. The second-order valence-electron chi connectivity index (χ2n) is 6.25. The van der Waals surface area contributed by atoms with Crippen LogP contribution in [-0.4, -0.2) is 76.5 Å². The zero-order chi connectivity index (χ0) is 17.6. The Labute approximate surface area is 148 Å². The van der Waals surface area contributed by atoms with E-state index in [0.717, 1.165) is 57.0 Å². The van der Waals surface area contributed by atoms with Crippen molar-refractivity contribution < 1.29 is 4.79 Å². The van der Waals surface area contributed by atoms with Gasteiger partial charge in [0.15, 0.2) is 5.65 Å². The standard InChI is InChI=1S/C18H26N6O/c1-3-23(4-2)17(25)14-22-10-5-11-24(13-12-22)16-7-6-15-18(21-16)20-9-8-19-15/h6-9H,3-5,10-14H2,1-2H3. The van der Waals surface area contributed by atoms with Crippen molar-refractivity contribution in [3.63, 3.8) is 0 Å². The van der Waals surface area contributed by atoms with Crippen LogP contribution in [0, 0.1) is 0 Å². The number of amides is 1. The number of aromatic nitrogens is 3. The molecule has 2 aromatic heterocycles. The number of carbonyl (C=O) groups is 1. The number of carbonyl (C=O) groups excluding carboxylic acids is 1. The first-order chi connectivity index (χ1) is 12.2. The van der Waals surface area contributed by atoms with Crippen LogP contribution in [0.2, 0.25) is 0 Å². The Morgan fingerprint density at radius 2 is 1.88 bits per heavy atom. The fraction of sp³-hybridized carbons (Fsp3) is 0.556. The van der Waals surface area contributed by atoms with Crippen LogP contribution in [0.5, 0.6) is 0 Å². The summed E-state index contributed by atoms with van der Waals surface area (Å²) in [6, 6.07) is 3.98. The molecule has 134 valence electrons. The lowest BCUT2D eigenvalue weighted by Gasteiger charge is -2.25. The van der Waals surface area contributed by atoms with Crippen molar-refractivity contribution in [1.82, 2.24) is 24.8 Å². The zero-order valence-corrected chi connectivity index (χ0v) is 15.1. The molecule has 2 aromatic rings. The maximum atomic E-state index is 12.3. The van der Waals surface area contributed by atoms with E-state index in [2.05, 4.69) is 24.8 Å². The van der Waals surface area contributed by atoms with Gasteiger partial charge in [0.1, 0.15) is 11.3 Å². The van der Waals surface area contributed by atoms with E-state index in [0.29, 0.717) is 12.2 Å². The summed E-state index contributed by atoms with van der Waals surface area (Å²) >= 11 is 0. The second-order valence-corrected chi connectivity index (χ2v) is 6.25. The maximum Gasteiger partial charge on any atom is 0.236 e. The van der Waals surface area contributed by atoms with Crippen LogP contribution in [0.3, 0.4) is 0 Å². The number of rotatable bonds is 5. The quantitative estimate of drug-likeness (QED) is 0.818. The molecule has 0 bridgehead atoms. The van der Waals surface area contributed by atoms with Gasteiger partial charge in [-0.3, -0.25) is 14.7 Å². The number of nitrogens with zero attached hydrogens (tertiary/aromatic N) is 6. The molecule has 1 saturated heterocycles. The van der Waals surface area contributed by atoms with E-state index >= 15 is 0 Å². The third kappa shape index (κ3) is 4.22. The van der Waals surface area contributed by atoms with Gasteiger partial charge in [-0.25, -0.2) is 9.97 Å². The van der Waals surface area contributed by atoms with E-state index in [1.165, 1.54) is 0 Å². The van der Waals surface area contributed by atoms with Gasteiger partial charge in [0.25, 0.3) is 0 Å². The fourth-order valence-electron chi connectivity index (χ4n) is 3.25.